The van der Waals surface area contributed by atoms with Crippen LogP contribution in [-0.4, -0.2) is 52.7 Å². The number of benzene rings is 1. The molecule has 4 aliphatic rings. The van der Waals surface area contributed by atoms with Gasteiger partial charge in [0.15, 0.2) is 0 Å². The number of halogens is 6. The highest BCUT2D eigenvalue weighted by molar-refractivity contribution is 7.16. The molecule has 1 aliphatic carbocycles. The molecule has 2 amide bonds. The van der Waals surface area contributed by atoms with Gasteiger partial charge >= 0.3 is 17.8 Å². The summed E-state index contributed by atoms with van der Waals surface area (Å²) in [6.45, 7) is 6.36. The summed E-state index contributed by atoms with van der Waals surface area (Å²) in [6.07, 6.45) is 0.110. The Labute approximate surface area is 236 Å². The number of carbonyl (C=O) groups is 2. The molecule has 218 valence electrons. The van der Waals surface area contributed by atoms with Crippen molar-refractivity contribution in [2.75, 3.05) is 6.54 Å². The molecule has 2 fully saturated rings. The molecular formula is C30H27F6NO3S. The molecule has 2 saturated heterocycles. The van der Waals surface area contributed by atoms with E-state index in [0.29, 0.717) is 16.9 Å². The largest absolute Gasteiger partial charge is 0.380 e. The first-order valence-corrected chi connectivity index (χ1v) is 14.3. The fraction of sp³-hybridized carbons (Fsp3) is 0.467. The first-order chi connectivity index (χ1) is 19.2. The fourth-order valence-electron chi connectivity index (χ4n) is 7.06. The summed E-state index contributed by atoms with van der Waals surface area (Å²) in [6, 6.07) is 8.63. The number of alkyl halides is 6. The number of aryl methyl sites for hydroxylation is 1. The molecule has 4 heterocycles. The Balaban J connectivity index is 1.61. The van der Waals surface area contributed by atoms with Gasteiger partial charge in [0.1, 0.15) is 0 Å². The maximum Gasteiger partial charge on any atom is 0.380 e. The molecule has 0 radical (unpaired) electrons. The first-order valence-electron chi connectivity index (χ1n) is 13.5. The molecule has 3 aliphatic heterocycles. The minimum atomic E-state index is -5.75. The van der Waals surface area contributed by atoms with Crippen molar-refractivity contribution in [3.8, 4) is 10.4 Å². The number of imide groups is 1. The second-order valence-electron chi connectivity index (χ2n) is 11.1. The summed E-state index contributed by atoms with van der Waals surface area (Å²) in [5, 5.41) is 0. The SMILES string of the molecule is CCCN1C(=O)C2C3OC(CC)(C=C3C3=C(c4c(C)sc(-c5ccccc5)c4C)C(F)(F)C(F)(F)C3(F)F)C2C1=O. The van der Waals surface area contributed by atoms with E-state index < -0.39 is 69.8 Å². The number of allylic oxidation sites excluding steroid dienone is 1. The van der Waals surface area contributed by atoms with Crippen LogP contribution in [-0.2, 0) is 14.3 Å². The standard InChI is InChI=1S/C30H27F6NO3S/c1-5-12-37-25(38)19-22(26(37)39)27(6-2)13-17(23(19)40-27)20-21(29(33,34)30(35,36)28(20,31)32)18-14(3)24(41-15(18)4)16-10-8-7-9-11-16/h7-11,13,19,22-23H,5-6,12H2,1-4H3. The topological polar surface area (TPSA) is 46.6 Å². The molecule has 2 bridgehead atoms. The van der Waals surface area contributed by atoms with Crippen LogP contribution in [0, 0.1) is 25.7 Å². The summed E-state index contributed by atoms with van der Waals surface area (Å²) < 4.78 is 99.5. The lowest BCUT2D eigenvalue weighted by atomic mass is 9.71. The molecule has 2 aromatic rings. The van der Waals surface area contributed by atoms with Crippen LogP contribution in [0.25, 0.3) is 16.0 Å². The van der Waals surface area contributed by atoms with Crippen molar-refractivity contribution in [2.24, 2.45) is 11.8 Å². The van der Waals surface area contributed by atoms with Gasteiger partial charge in [-0.1, -0.05) is 44.2 Å². The molecule has 4 atom stereocenters. The Morgan fingerprint density at radius 1 is 0.927 bits per heavy atom. The van der Waals surface area contributed by atoms with Gasteiger partial charge in [-0.15, -0.1) is 11.3 Å². The summed E-state index contributed by atoms with van der Waals surface area (Å²) >= 11 is 1.05. The fourth-order valence-corrected chi connectivity index (χ4v) is 8.23. The van der Waals surface area contributed by atoms with Crippen LogP contribution in [0.4, 0.5) is 26.3 Å². The number of carbonyl (C=O) groups excluding carboxylic acids is 2. The molecule has 11 heteroatoms. The predicted molar refractivity (Wildman–Crippen MR) is 141 cm³/mol. The van der Waals surface area contributed by atoms with E-state index in [4.69, 9.17) is 4.74 Å². The number of amides is 2. The summed E-state index contributed by atoms with van der Waals surface area (Å²) in [4.78, 5) is 28.3. The maximum absolute atomic E-state index is 15.8. The summed E-state index contributed by atoms with van der Waals surface area (Å²) in [5.74, 6) is -19.7. The highest BCUT2D eigenvalue weighted by atomic mass is 32.1. The Morgan fingerprint density at radius 2 is 1.56 bits per heavy atom. The van der Waals surface area contributed by atoms with Crippen molar-refractivity contribution in [3.05, 3.63) is 63.6 Å². The van der Waals surface area contributed by atoms with Crippen LogP contribution in [0.5, 0.6) is 0 Å². The zero-order valence-electron chi connectivity index (χ0n) is 22.7. The number of thiophene rings is 1. The van der Waals surface area contributed by atoms with Crippen LogP contribution >= 0.6 is 11.3 Å². The average Bonchev–Trinajstić information content (AvgIpc) is 3.64. The smallest absolute Gasteiger partial charge is 0.361 e. The quantitative estimate of drug-likeness (QED) is 0.262. The number of fused-ring (bicyclic) bond motifs is 5. The number of likely N-dealkylation sites (tertiary alicyclic amines) is 1. The van der Waals surface area contributed by atoms with Crippen LogP contribution in [0.2, 0.25) is 0 Å². The van der Waals surface area contributed by atoms with Crippen LogP contribution < -0.4 is 0 Å². The number of rotatable bonds is 6. The highest BCUT2D eigenvalue weighted by Crippen LogP contribution is 2.68. The third-order valence-electron chi connectivity index (χ3n) is 8.91. The molecular weight excluding hydrogens is 568 g/mol. The van der Waals surface area contributed by atoms with Gasteiger partial charge in [0.2, 0.25) is 11.8 Å². The number of hydrogen-bond donors (Lipinski definition) is 0. The van der Waals surface area contributed by atoms with Gasteiger partial charge < -0.3 is 4.74 Å². The van der Waals surface area contributed by atoms with Crippen LogP contribution in [0.15, 0.2) is 47.6 Å². The first kappa shape index (κ1) is 28.2. The van der Waals surface area contributed by atoms with Crippen molar-refractivity contribution in [1.29, 1.82) is 0 Å². The van der Waals surface area contributed by atoms with Crippen molar-refractivity contribution >= 4 is 28.7 Å². The Kier molecular flexibility index (Phi) is 6.05. The minimum absolute atomic E-state index is 0.0583. The van der Waals surface area contributed by atoms with Crippen molar-refractivity contribution in [3.63, 3.8) is 0 Å². The molecule has 6 rings (SSSR count). The lowest BCUT2D eigenvalue weighted by Crippen LogP contribution is -2.49. The van der Waals surface area contributed by atoms with Gasteiger partial charge in [-0.25, -0.2) is 0 Å². The number of hydrogen-bond acceptors (Lipinski definition) is 4. The van der Waals surface area contributed by atoms with Gasteiger partial charge in [-0.05, 0) is 49.5 Å². The monoisotopic (exact) mass is 595 g/mol. The van der Waals surface area contributed by atoms with Gasteiger partial charge in [0.25, 0.3) is 0 Å². The molecule has 4 unspecified atom stereocenters. The molecule has 0 saturated carbocycles. The lowest BCUT2D eigenvalue weighted by Gasteiger charge is -2.29. The highest BCUT2D eigenvalue weighted by Gasteiger charge is 2.82. The van der Waals surface area contributed by atoms with Gasteiger partial charge in [-0.2, -0.15) is 26.3 Å². The number of nitrogens with zero attached hydrogens (tertiary/aromatic N) is 1. The van der Waals surface area contributed by atoms with Gasteiger partial charge in [0.05, 0.1) is 23.5 Å². The van der Waals surface area contributed by atoms with E-state index in [1.54, 1.807) is 44.2 Å². The van der Waals surface area contributed by atoms with Gasteiger partial charge in [-0.3, -0.25) is 14.5 Å². The third kappa shape index (κ3) is 3.33. The third-order valence-corrected chi connectivity index (χ3v) is 10.2. The maximum atomic E-state index is 15.8. The molecule has 0 N–H and O–H groups in total. The van der Waals surface area contributed by atoms with E-state index in [1.807, 2.05) is 0 Å². The minimum Gasteiger partial charge on any atom is -0.361 e. The van der Waals surface area contributed by atoms with Crippen molar-refractivity contribution < 1.29 is 40.7 Å². The summed E-state index contributed by atoms with van der Waals surface area (Å²) in [5.41, 5.74) is -4.62. The normalized spacial score (nSPS) is 30.9. The average molecular weight is 596 g/mol. The predicted octanol–water partition coefficient (Wildman–Crippen LogP) is 7.20. The Hall–Kier alpha value is -2.92. The van der Waals surface area contributed by atoms with E-state index in [9.17, 15) is 9.59 Å². The van der Waals surface area contributed by atoms with E-state index in [2.05, 4.69) is 0 Å². The summed E-state index contributed by atoms with van der Waals surface area (Å²) in [7, 11) is 0. The van der Waals surface area contributed by atoms with Crippen molar-refractivity contribution in [1.82, 2.24) is 4.90 Å². The zero-order chi connectivity index (χ0) is 29.9. The molecule has 1 aromatic heterocycles. The van der Waals surface area contributed by atoms with E-state index >= 15 is 26.3 Å². The van der Waals surface area contributed by atoms with Gasteiger partial charge in [0, 0.05) is 33.0 Å². The lowest BCUT2D eigenvalue weighted by molar-refractivity contribution is -0.259. The Morgan fingerprint density at radius 3 is 2.17 bits per heavy atom. The molecule has 0 spiro atoms. The molecule has 41 heavy (non-hydrogen) atoms. The number of ether oxygens (including phenoxy) is 1. The molecule has 1 aromatic carbocycles. The van der Waals surface area contributed by atoms with E-state index in [0.717, 1.165) is 22.3 Å². The van der Waals surface area contributed by atoms with Crippen LogP contribution in [0.3, 0.4) is 0 Å². The second kappa shape index (κ2) is 8.80. The van der Waals surface area contributed by atoms with Crippen molar-refractivity contribution in [2.45, 2.75) is 70.0 Å². The zero-order valence-corrected chi connectivity index (χ0v) is 23.5. The van der Waals surface area contributed by atoms with E-state index in [1.165, 1.54) is 13.8 Å². The van der Waals surface area contributed by atoms with E-state index in [-0.39, 0.29) is 29.0 Å². The molecule has 4 nitrogen and oxygen atoms in total. The van der Waals surface area contributed by atoms with Crippen LogP contribution in [0.1, 0.15) is 42.7 Å². The second-order valence-corrected chi connectivity index (χ2v) is 12.3. The Bertz CT molecular complexity index is 1540.